The van der Waals surface area contributed by atoms with Gasteiger partial charge in [-0.05, 0) is 23.8 Å². The van der Waals surface area contributed by atoms with Crippen molar-refractivity contribution in [3.63, 3.8) is 0 Å². The van der Waals surface area contributed by atoms with Gasteiger partial charge in [0.05, 0.1) is 5.56 Å². The number of hydrogen-bond donors (Lipinski definition) is 3. The van der Waals surface area contributed by atoms with E-state index in [1.165, 1.54) is 23.7 Å². The third-order valence-corrected chi connectivity index (χ3v) is 2.44. The third kappa shape index (κ3) is 6.09. The summed E-state index contributed by atoms with van der Waals surface area (Å²) in [5, 5.41) is 10.6. The molecule has 0 atom stereocenters. The van der Waals surface area contributed by atoms with Gasteiger partial charge in [-0.2, -0.15) is 13.2 Å². The molecule has 0 unspecified atom stereocenters. The molecule has 0 aromatic heterocycles. The van der Waals surface area contributed by atoms with E-state index in [0.717, 1.165) is 18.2 Å². The number of rotatable bonds is 5. The van der Waals surface area contributed by atoms with Crippen LogP contribution in [0.1, 0.15) is 17.5 Å². The Kier molecular flexibility index (Phi) is 5.92. The van der Waals surface area contributed by atoms with Gasteiger partial charge >= 0.3 is 6.18 Å². The molecule has 8 heteroatoms. The van der Waals surface area contributed by atoms with Crippen molar-refractivity contribution < 1.29 is 28.0 Å². The number of hydroxylamine groups is 1. The Morgan fingerprint density at radius 1 is 1.19 bits per heavy atom. The normalized spacial score (nSPS) is 11.4. The first-order valence-corrected chi connectivity index (χ1v) is 5.89. The van der Waals surface area contributed by atoms with E-state index >= 15 is 0 Å². The molecular weight excluding hydrogens is 289 g/mol. The maximum absolute atomic E-state index is 12.3. The Balaban J connectivity index is 2.49. The highest BCUT2D eigenvalue weighted by molar-refractivity contribution is 5.91. The molecule has 0 saturated heterocycles. The highest BCUT2D eigenvalue weighted by atomic mass is 19.4. The lowest BCUT2D eigenvalue weighted by Crippen LogP contribution is -2.28. The van der Waals surface area contributed by atoms with Crippen LogP contribution in [0.25, 0.3) is 6.08 Å². The lowest BCUT2D eigenvalue weighted by atomic mass is 10.1. The minimum Gasteiger partial charge on any atom is -0.352 e. The molecule has 3 N–H and O–H groups in total. The molecule has 114 valence electrons. The van der Waals surface area contributed by atoms with E-state index in [-0.39, 0.29) is 13.0 Å². The van der Waals surface area contributed by atoms with E-state index in [0.29, 0.717) is 5.56 Å². The summed E-state index contributed by atoms with van der Waals surface area (Å²) >= 11 is 0. The van der Waals surface area contributed by atoms with Gasteiger partial charge in [0.2, 0.25) is 11.8 Å². The zero-order chi connectivity index (χ0) is 15.9. The van der Waals surface area contributed by atoms with E-state index in [1.807, 2.05) is 0 Å². The first kappa shape index (κ1) is 16.7. The number of hydrogen-bond acceptors (Lipinski definition) is 3. The molecule has 0 bridgehead atoms. The SMILES string of the molecule is O=C(/C=C/c1ccc(C(F)(F)F)cc1)NCCC(=O)NO. The van der Waals surface area contributed by atoms with Crippen LogP contribution >= 0.6 is 0 Å². The maximum atomic E-state index is 12.3. The molecule has 0 aliphatic rings. The molecule has 0 saturated carbocycles. The average molecular weight is 302 g/mol. The molecule has 1 aromatic rings. The summed E-state index contributed by atoms with van der Waals surface area (Å²) in [5.74, 6) is -1.14. The quantitative estimate of drug-likeness (QED) is 0.440. The molecule has 0 radical (unpaired) electrons. The van der Waals surface area contributed by atoms with Crippen molar-refractivity contribution in [2.75, 3.05) is 6.54 Å². The molecule has 0 heterocycles. The summed E-state index contributed by atoms with van der Waals surface area (Å²) < 4.78 is 37.0. The predicted octanol–water partition coefficient (Wildman–Crippen LogP) is 1.73. The maximum Gasteiger partial charge on any atom is 0.416 e. The number of amides is 2. The summed E-state index contributed by atoms with van der Waals surface area (Å²) in [6.45, 7) is 0.0303. The fourth-order valence-corrected chi connectivity index (χ4v) is 1.37. The van der Waals surface area contributed by atoms with E-state index in [4.69, 9.17) is 5.21 Å². The Hall–Kier alpha value is -2.35. The molecule has 21 heavy (non-hydrogen) atoms. The lowest BCUT2D eigenvalue weighted by molar-refractivity contribution is -0.137. The second kappa shape index (κ2) is 7.44. The number of carbonyl (C=O) groups excluding carboxylic acids is 2. The van der Waals surface area contributed by atoms with Crippen LogP contribution in [0.15, 0.2) is 30.3 Å². The second-order valence-corrected chi connectivity index (χ2v) is 4.03. The predicted molar refractivity (Wildman–Crippen MR) is 68.0 cm³/mol. The van der Waals surface area contributed by atoms with Gasteiger partial charge in [-0.15, -0.1) is 0 Å². The van der Waals surface area contributed by atoms with Crippen molar-refractivity contribution >= 4 is 17.9 Å². The molecule has 2 amide bonds. The molecular formula is C13H13F3N2O3. The summed E-state index contributed by atoms with van der Waals surface area (Å²) in [6.07, 6.45) is -2.00. The van der Waals surface area contributed by atoms with E-state index < -0.39 is 23.6 Å². The summed E-state index contributed by atoms with van der Waals surface area (Å²) in [5.41, 5.74) is 1.09. The van der Waals surface area contributed by atoms with Gasteiger partial charge in [0, 0.05) is 19.0 Å². The number of alkyl halides is 3. The number of halogens is 3. The Bertz CT molecular complexity index is 524. The van der Waals surface area contributed by atoms with Crippen LogP contribution in [0.5, 0.6) is 0 Å². The fraction of sp³-hybridized carbons (Fsp3) is 0.231. The average Bonchev–Trinajstić information content (AvgIpc) is 2.44. The van der Waals surface area contributed by atoms with Gasteiger partial charge in [0.1, 0.15) is 0 Å². The van der Waals surface area contributed by atoms with Crippen molar-refractivity contribution in [3.8, 4) is 0 Å². The Morgan fingerprint density at radius 3 is 2.33 bits per heavy atom. The lowest BCUT2D eigenvalue weighted by Gasteiger charge is -2.05. The molecule has 0 aliphatic carbocycles. The van der Waals surface area contributed by atoms with E-state index in [1.54, 1.807) is 0 Å². The van der Waals surface area contributed by atoms with Gasteiger partial charge in [-0.1, -0.05) is 12.1 Å². The van der Waals surface area contributed by atoms with Crippen LogP contribution in [0, 0.1) is 0 Å². The van der Waals surface area contributed by atoms with Crippen molar-refractivity contribution in [3.05, 3.63) is 41.5 Å². The molecule has 1 rings (SSSR count). The van der Waals surface area contributed by atoms with E-state index in [9.17, 15) is 22.8 Å². The summed E-state index contributed by atoms with van der Waals surface area (Å²) in [6, 6.07) is 4.32. The van der Waals surface area contributed by atoms with Crippen molar-refractivity contribution in [1.82, 2.24) is 10.8 Å². The van der Waals surface area contributed by atoms with Crippen molar-refractivity contribution in [2.24, 2.45) is 0 Å². The van der Waals surface area contributed by atoms with Crippen LogP contribution in [0.2, 0.25) is 0 Å². The van der Waals surface area contributed by atoms with Crippen LogP contribution in [0.4, 0.5) is 13.2 Å². The highest BCUT2D eigenvalue weighted by Crippen LogP contribution is 2.29. The zero-order valence-electron chi connectivity index (χ0n) is 10.8. The topological polar surface area (TPSA) is 78.4 Å². The fourth-order valence-electron chi connectivity index (χ4n) is 1.37. The largest absolute Gasteiger partial charge is 0.416 e. The van der Waals surface area contributed by atoms with Crippen LogP contribution in [0.3, 0.4) is 0 Å². The smallest absolute Gasteiger partial charge is 0.352 e. The van der Waals surface area contributed by atoms with Crippen LogP contribution < -0.4 is 10.8 Å². The van der Waals surface area contributed by atoms with Gasteiger partial charge in [-0.25, -0.2) is 5.48 Å². The first-order chi connectivity index (χ1) is 9.82. The molecule has 5 nitrogen and oxygen atoms in total. The monoisotopic (exact) mass is 302 g/mol. The summed E-state index contributed by atoms with van der Waals surface area (Å²) in [7, 11) is 0. The van der Waals surface area contributed by atoms with Crippen LogP contribution in [-0.4, -0.2) is 23.6 Å². The standard InChI is InChI=1S/C13H13F3N2O3/c14-13(15,16)10-4-1-9(2-5-10)3-6-11(19)17-8-7-12(20)18-21/h1-6,21H,7-8H2,(H,17,19)(H,18,20)/b6-3+. The molecule has 1 aromatic carbocycles. The van der Waals surface area contributed by atoms with Gasteiger partial charge in [0.25, 0.3) is 0 Å². The van der Waals surface area contributed by atoms with Gasteiger partial charge in [-0.3, -0.25) is 14.8 Å². The molecule has 0 fully saturated rings. The zero-order valence-corrected chi connectivity index (χ0v) is 10.8. The minimum absolute atomic E-state index is 0.0303. The molecule has 0 aliphatic heterocycles. The first-order valence-electron chi connectivity index (χ1n) is 5.89. The Morgan fingerprint density at radius 2 is 1.81 bits per heavy atom. The van der Waals surface area contributed by atoms with E-state index in [2.05, 4.69) is 5.32 Å². The van der Waals surface area contributed by atoms with Gasteiger partial charge < -0.3 is 5.32 Å². The van der Waals surface area contributed by atoms with Crippen molar-refractivity contribution in [2.45, 2.75) is 12.6 Å². The third-order valence-electron chi connectivity index (χ3n) is 2.44. The molecule has 0 spiro atoms. The second-order valence-electron chi connectivity index (χ2n) is 4.03. The number of nitrogens with one attached hydrogen (secondary N) is 2. The van der Waals surface area contributed by atoms with Gasteiger partial charge in [0.15, 0.2) is 0 Å². The summed E-state index contributed by atoms with van der Waals surface area (Å²) in [4.78, 5) is 22.0. The van der Waals surface area contributed by atoms with Crippen LogP contribution in [-0.2, 0) is 15.8 Å². The Labute approximate surface area is 118 Å². The number of carbonyl (C=O) groups is 2. The minimum atomic E-state index is -4.40. The van der Waals surface area contributed by atoms with Crippen molar-refractivity contribution in [1.29, 1.82) is 0 Å². The highest BCUT2D eigenvalue weighted by Gasteiger charge is 2.29. The number of benzene rings is 1.